The number of aromatic amines is 1. The Morgan fingerprint density at radius 1 is 1.23 bits per heavy atom. The third kappa shape index (κ3) is 4.56. The number of alkyl halides is 3. The predicted octanol–water partition coefficient (Wildman–Crippen LogP) is 4.09. The smallest absolute Gasteiger partial charge is 0.347 e. The highest BCUT2D eigenvalue weighted by Gasteiger charge is 2.40. The zero-order valence-corrected chi connectivity index (χ0v) is 17.7. The van der Waals surface area contributed by atoms with Crippen LogP contribution in [0.5, 0.6) is 0 Å². The first-order chi connectivity index (χ1) is 14.8. The monoisotopic (exact) mass is 435 g/mol. The molecule has 1 saturated carbocycles. The maximum atomic E-state index is 13.5. The Morgan fingerprint density at radius 2 is 1.90 bits per heavy atom. The van der Waals surface area contributed by atoms with E-state index in [1.54, 1.807) is 25.5 Å². The highest BCUT2D eigenvalue weighted by atomic mass is 19.4. The maximum absolute atomic E-state index is 13.5. The number of halogens is 3. The fourth-order valence-corrected chi connectivity index (χ4v) is 4.62. The van der Waals surface area contributed by atoms with Crippen molar-refractivity contribution in [2.75, 3.05) is 20.1 Å². The van der Waals surface area contributed by atoms with Gasteiger partial charge in [0.15, 0.2) is 0 Å². The minimum absolute atomic E-state index is 0.0445. The Kier molecular flexibility index (Phi) is 5.96. The number of rotatable bonds is 5. The third-order valence-corrected chi connectivity index (χ3v) is 6.31. The van der Waals surface area contributed by atoms with Crippen molar-refractivity contribution in [2.45, 2.75) is 56.9 Å². The van der Waals surface area contributed by atoms with E-state index in [4.69, 9.17) is 0 Å². The Hall–Kier alpha value is -2.55. The lowest BCUT2D eigenvalue weighted by molar-refractivity contribution is -0.138. The highest BCUT2D eigenvalue weighted by Crippen LogP contribution is 2.38. The largest absolute Gasteiger partial charge is 0.416 e. The normalized spacial score (nSPS) is 19.3. The van der Waals surface area contributed by atoms with Crippen molar-refractivity contribution in [3.63, 3.8) is 0 Å². The van der Waals surface area contributed by atoms with E-state index in [0.29, 0.717) is 30.5 Å². The minimum Gasteiger partial charge on any atom is -0.347 e. The van der Waals surface area contributed by atoms with Gasteiger partial charge in [-0.05, 0) is 49.8 Å². The molecular formula is C22H28F3N5O. The number of aryl methyl sites for hydroxylation is 1. The van der Waals surface area contributed by atoms with Gasteiger partial charge in [0.25, 0.3) is 0 Å². The molecule has 0 spiro atoms. The van der Waals surface area contributed by atoms with Gasteiger partial charge in [0.2, 0.25) is 0 Å². The Balaban J connectivity index is 1.58. The molecule has 2 aliphatic rings. The molecule has 1 atom stereocenters. The van der Waals surface area contributed by atoms with Gasteiger partial charge in [-0.2, -0.15) is 13.2 Å². The van der Waals surface area contributed by atoms with Crippen LogP contribution in [0.3, 0.4) is 0 Å². The van der Waals surface area contributed by atoms with E-state index in [0.717, 1.165) is 25.7 Å². The van der Waals surface area contributed by atoms with Crippen LogP contribution >= 0.6 is 0 Å². The second-order valence-corrected chi connectivity index (χ2v) is 8.41. The lowest BCUT2D eigenvalue weighted by Crippen LogP contribution is -2.51. The number of urea groups is 1. The van der Waals surface area contributed by atoms with Gasteiger partial charge in [-0.15, -0.1) is 0 Å². The van der Waals surface area contributed by atoms with E-state index < -0.39 is 17.8 Å². The molecule has 2 aromatic rings. The molecule has 1 aromatic heterocycles. The van der Waals surface area contributed by atoms with Crippen molar-refractivity contribution in [1.82, 2.24) is 25.1 Å². The van der Waals surface area contributed by atoms with Gasteiger partial charge in [0, 0.05) is 44.6 Å². The molecule has 2 heterocycles. The minimum atomic E-state index is -4.40. The van der Waals surface area contributed by atoms with Crippen LogP contribution in [0.1, 0.15) is 54.2 Å². The summed E-state index contributed by atoms with van der Waals surface area (Å²) in [7, 11) is 1.65. The summed E-state index contributed by atoms with van der Waals surface area (Å²) < 4.78 is 40.6. The van der Waals surface area contributed by atoms with E-state index in [1.165, 1.54) is 19.1 Å². The van der Waals surface area contributed by atoms with Gasteiger partial charge in [0.1, 0.15) is 5.82 Å². The molecule has 1 aromatic carbocycles. The summed E-state index contributed by atoms with van der Waals surface area (Å²) in [4.78, 5) is 23.9. The molecule has 0 radical (unpaired) electrons. The van der Waals surface area contributed by atoms with Crippen LogP contribution in [0, 0.1) is 6.92 Å². The lowest BCUT2D eigenvalue weighted by atomic mass is 9.95. The molecule has 0 bridgehead atoms. The van der Waals surface area contributed by atoms with E-state index >= 15 is 0 Å². The number of carbonyl (C=O) groups excluding carboxylic acids is 1. The first-order valence-electron chi connectivity index (χ1n) is 10.7. The molecule has 2 fully saturated rings. The van der Waals surface area contributed by atoms with Crippen LogP contribution in [0.4, 0.5) is 18.0 Å². The molecule has 6 nitrogen and oxygen atoms in total. The van der Waals surface area contributed by atoms with Gasteiger partial charge in [-0.1, -0.05) is 12.1 Å². The number of H-pyrrole nitrogens is 1. The summed E-state index contributed by atoms with van der Waals surface area (Å²) in [6.45, 7) is 2.82. The van der Waals surface area contributed by atoms with Crippen molar-refractivity contribution in [2.24, 2.45) is 0 Å². The zero-order chi connectivity index (χ0) is 22.2. The van der Waals surface area contributed by atoms with Crippen LogP contribution in [0.2, 0.25) is 0 Å². The number of amides is 2. The summed E-state index contributed by atoms with van der Waals surface area (Å²) in [6, 6.07) is 4.54. The first-order valence-corrected chi connectivity index (χ1v) is 10.7. The topological polar surface area (TPSA) is 64.3 Å². The van der Waals surface area contributed by atoms with Crippen LogP contribution in [-0.4, -0.2) is 58.0 Å². The number of nitrogens with zero attached hydrogens (tertiary/aromatic N) is 3. The van der Waals surface area contributed by atoms with Crippen LogP contribution in [-0.2, 0) is 6.18 Å². The molecular weight excluding hydrogens is 407 g/mol. The molecule has 1 aliphatic carbocycles. The molecule has 9 heteroatoms. The molecule has 1 saturated heterocycles. The van der Waals surface area contributed by atoms with Crippen molar-refractivity contribution in [1.29, 1.82) is 0 Å². The molecule has 4 rings (SSSR count). The fraction of sp³-hybridized carbons (Fsp3) is 0.545. The first kappa shape index (κ1) is 21.7. The molecule has 1 aliphatic heterocycles. The van der Waals surface area contributed by atoms with E-state index in [2.05, 4.69) is 20.2 Å². The summed E-state index contributed by atoms with van der Waals surface area (Å²) in [5, 5.41) is 2.74. The second kappa shape index (κ2) is 8.53. The van der Waals surface area contributed by atoms with Crippen LogP contribution < -0.4 is 5.32 Å². The van der Waals surface area contributed by atoms with Crippen molar-refractivity contribution in [3.05, 3.63) is 53.1 Å². The number of nitrogens with one attached hydrogen (secondary N) is 2. The number of hydrogen-bond donors (Lipinski definition) is 2. The highest BCUT2D eigenvalue weighted by molar-refractivity contribution is 5.75. The molecule has 2 amide bonds. The number of aromatic nitrogens is 2. The maximum Gasteiger partial charge on any atom is 0.416 e. The van der Waals surface area contributed by atoms with Crippen molar-refractivity contribution < 1.29 is 18.0 Å². The Labute approximate surface area is 179 Å². The van der Waals surface area contributed by atoms with E-state index in [1.807, 2.05) is 4.90 Å². The predicted molar refractivity (Wildman–Crippen MR) is 111 cm³/mol. The van der Waals surface area contributed by atoms with Gasteiger partial charge in [0.05, 0.1) is 11.6 Å². The summed E-state index contributed by atoms with van der Waals surface area (Å²) in [5.74, 6) is 0.626. The SMILES string of the molecule is CNC(=O)N(C1CC1)C1CCN(C(c2ccc(C)c(C(F)(F)F)c2)c2ncc[nH]2)CC1. The van der Waals surface area contributed by atoms with Gasteiger partial charge in [-0.25, -0.2) is 9.78 Å². The quantitative estimate of drug-likeness (QED) is 0.744. The summed E-state index contributed by atoms with van der Waals surface area (Å²) in [5.41, 5.74) is 0.159. The lowest BCUT2D eigenvalue weighted by Gasteiger charge is -2.41. The van der Waals surface area contributed by atoms with Crippen molar-refractivity contribution >= 4 is 6.03 Å². The van der Waals surface area contributed by atoms with Crippen LogP contribution in [0.25, 0.3) is 0 Å². The zero-order valence-electron chi connectivity index (χ0n) is 17.7. The van der Waals surface area contributed by atoms with Gasteiger partial charge in [-0.3, -0.25) is 4.90 Å². The summed E-state index contributed by atoms with van der Waals surface area (Å²) in [6.07, 6.45) is 2.53. The number of hydrogen-bond acceptors (Lipinski definition) is 3. The number of likely N-dealkylation sites (tertiary alicyclic amines) is 1. The number of carbonyl (C=O) groups is 1. The number of benzene rings is 1. The second-order valence-electron chi connectivity index (χ2n) is 8.41. The average Bonchev–Trinajstić information content (AvgIpc) is 3.43. The third-order valence-electron chi connectivity index (χ3n) is 6.31. The Bertz CT molecular complexity index is 902. The average molecular weight is 435 g/mol. The molecule has 1 unspecified atom stereocenters. The molecule has 2 N–H and O–H groups in total. The van der Waals surface area contributed by atoms with Crippen molar-refractivity contribution in [3.8, 4) is 0 Å². The van der Waals surface area contributed by atoms with E-state index in [-0.39, 0.29) is 17.6 Å². The Morgan fingerprint density at radius 3 is 2.45 bits per heavy atom. The molecule has 31 heavy (non-hydrogen) atoms. The number of piperidine rings is 1. The number of imidazole rings is 1. The summed E-state index contributed by atoms with van der Waals surface area (Å²) >= 11 is 0. The van der Waals surface area contributed by atoms with E-state index in [9.17, 15) is 18.0 Å². The fourth-order valence-electron chi connectivity index (χ4n) is 4.62. The van der Waals surface area contributed by atoms with Gasteiger partial charge < -0.3 is 15.2 Å². The van der Waals surface area contributed by atoms with Gasteiger partial charge >= 0.3 is 12.2 Å². The van der Waals surface area contributed by atoms with Crippen LogP contribution in [0.15, 0.2) is 30.6 Å². The standard InChI is InChI=1S/C22H28F3N5O/c1-14-3-4-15(13-18(14)22(23,24)25)19(20-27-9-10-28-20)29-11-7-17(8-12-29)30(16-5-6-16)21(31)26-2/h3-4,9-10,13,16-17,19H,5-8,11-12H2,1-2H3,(H,26,31)(H,27,28). The molecule has 168 valence electrons.